The van der Waals surface area contributed by atoms with Gasteiger partial charge in [-0.1, -0.05) is 0 Å². The van der Waals surface area contributed by atoms with Crippen LogP contribution in [0.15, 0.2) is 24.3 Å². The number of benzene rings is 1. The van der Waals surface area contributed by atoms with Crippen LogP contribution in [0.2, 0.25) is 0 Å². The molecule has 0 aromatic heterocycles. The van der Waals surface area contributed by atoms with Gasteiger partial charge in [-0.2, -0.15) is 0 Å². The van der Waals surface area contributed by atoms with Gasteiger partial charge in [0.25, 0.3) is 0 Å². The molecule has 0 heterocycles. The topological polar surface area (TPSA) is 52.6 Å². The summed E-state index contributed by atoms with van der Waals surface area (Å²) < 4.78 is 10.2. The lowest BCUT2D eigenvalue weighted by Crippen LogP contribution is -2.10. The Bertz CT molecular complexity index is 358. The van der Waals surface area contributed by atoms with Crippen LogP contribution in [-0.2, 0) is 14.3 Å². The minimum atomic E-state index is -0.507. The molecule has 0 aliphatic rings. The second-order valence-electron chi connectivity index (χ2n) is 2.69. The van der Waals surface area contributed by atoms with Gasteiger partial charge >= 0.3 is 11.9 Å². The lowest BCUT2D eigenvalue weighted by molar-refractivity contribution is -0.149. The average molecular weight is 320 g/mol. The number of ether oxygens (including phenoxy) is 2. The Morgan fingerprint density at radius 3 is 2.33 bits per heavy atom. The van der Waals surface area contributed by atoms with Crippen LogP contribution in [0.4, 0.5) is 0 Å². The van der Waals surface area contributed by atoms with Crippen molar-refractivity contribution in [3.05, 3.63) is 33.4 Å². The first-order valence-electron chi connectivity index (χ1n) is 4.15. The second-order valence-corrected chi connectivity index (χ2v) is 3.94. The molecule has 0 aliphatic carbocycles. The van der Waals surface area contributed by atoms with Crippen LogP contribution in [0.25, 0.3) is 0 Å². The van der Waals surface area contributed by atoms with Gasteiger partial charge in [-0.05, 0) is 46.9 Å². The van der Waals surface area contributed by atoms with Crippen LogP contribution in [0.1, 0.15) is 17.3 Å². The molecule has 1 aromatic carbocycles. The first-order chi connectivity index (χ1) is 7.09. The quantitative estimate of drug-likeness (QED) is 0.485. The maximum Gasteiger partial charge on any atom is 0.341 e. The molecule has 0 saturated heterocycles. The molecule has 80 valence electrons. The number of rotatable bonds is 3. The van der Waals surface area contributed by atoms with E-state index in [2.05, 4.69) is 27.3 Å². The van der Waals surface area contributed by atoms with Crippen molar-refractivity contribution in [1.29, 1.82) is 0 Å². The Labute approximate surface area is 101 Å². The van der Waals surface area contributed by atoms with E-state index in [1.807, 2.05) is 0 Å². The van der Waals surface area contributed by atoms with Crippen molar-refractivity contribution in [2.24, 2.45) is 0 Å². The highest BCUT2D eigenvalue weighted by molar-refractivity contribution is 14.1. The summed E-state index contributed by atoms with van der Waals surface area (Å²) in [6.45, 7) is 0.902. The van der Waals surface area contributed by atoms with E-state index in [0.29, 0.717) is 5.56 Å². The molecular weight excluding hydrogens is 311 g/mol. The second kappa shape index (κ2) is 5.69. The summed E-state index contributed by atoms with van der Waals surface area (Å²) in [7, 11) is 0. The van der Waals surface area contributed by atoms with Gasteiger partial charge in [0, 0.05) is 10.5 Å². The Kier molecular flexibility index (Phi) is 4.54. The molecule has 4 nitrogen and oxygen atoms in total. The lowest BCUT2D eigenvalue weighted by atomic mass is 10.2. The number of carbonyl (C=O) groups is 2. The van der Waals surface area contributed by atoms with Gasteiger partial charge in [0.1, 0.15) is 0 Å². The summed E-state index contributed by atoms with van der Waals surface area (Å²) in [6.07, 6.45) is 0. The van der Waals surface area contributed by atoms with E-state index in [4.69, 9.17) is 4.74 Å². The van der Waals surface area contributed by atoms with Crippen molar-refractivity contribution in [3.8, 4) is 0 Å². The van der Waals surface area contributed by atoms with E-state index in [9.17, 15) is 9.59 Å². The van der Waals surface area contributed by atoms with Crippen LogP contribution < -0.4 is 0 Å². The molecule has 5 heteroatoms. The van der Waals surface area contributed by atoms with Crippen molar-refractivity contribution in [2.75, 3.05) is 6.79 Å². The van der Waals surface area contributed by atoms with E-state index in [1.165, 1.54) is 6.92 Å². The highest BCUT2D eigenvalue weighted by Crippen LogP contribution is 2.07. The van der Waals surface area contributed by atoms with E-state index in [-0.39, 0.29) is 6.79 Å². The van der Waals surface area contributed by atoms with Gasteiger partial charge in [0.15, 0.2) is 0 Å². The van der Waals surface area contributed by atoms with Crippen LogP contribution in [0.5, 0.6) is 0 Å². The minimum absolute atomic E-state index is 0.347. The van der Waals surface area contributed by atoms with E-state index < -0.39 is 11.9 Å². The highest BCUT2D eigenvalue weighted by Gasteiger charge is 2.06. The van der Waals surface area contributed by atoms with Gasteiger partial charge in [0.05, 0.1) is 5.56 Å². The molecular formula is C10H9IO4. The molecule has 0 atom stereocenters. The predicted octanol–water partition coefficient (Wildman–Crippen LogP) is 1.97. The molecule has 0 aliphatic heterocycles. The SMILES string of the molecule is CC(=O)OCOC(=O)c1ccc(I)cc1. The van der Waals surface area contributed by atoms with Crippen LogP contribution in [0, 0.1) is 3.57 Å². The van der Waals surface area contributed by atoms with E-state index in [1.54, 1.807) is 24.3 Å². The number of carbonyl (C=O) groups excluding carboxylic acids is 2. The van der Waals surface area contributed by atoms with Crippen LogP contribution in [0.3, 0.4) is 0 Å². The summed E-state index contributed by atoms with van der Waals surface area (Å²) in [5.41, 5.74) is 0.433. The largest absolute Gasteiger partial charge is 0.428 e. The maximum atomic E-state index is 11.3. The molecule has 0 radical (unpaired) electrons. The number of hydrogen-bond donors (Lipinski definition) is 0. The third kappa shape index (κ3) is 4.28. The molecule has 0 bridgehead atoms. The van der Waals surface area contributed by atoms with E-state index in [0.717, 1.165) is 3.57 Å². The van der Waals surface area contributed by atoms with E-state index >= 15 is 0 Å². The molecule has 1 aromatic rings. The van der Waals surface area contributed by atoms with Crippen molar-refractivity contribution in [2.45, 2.75) is 6.92 Å². The molecule has 0 saturated carbocycles. The first-order valence-corrected chi connectivity index (χ1v) is 5.23. The smallest absolute Gasteiger partial charge is 0.341 e. The van der Waals surface area contributed by atoms with Crippen molar-refractivity contribution in [1.82, 2.24) is 0 Å². The molecule has 0 amide bonds. The van der Waals surface area contributed by atoms with Gasteiger partial charge in [0.2, 0.25) is 6.79 Å². The fourth-order valence-electron chi connectivity index (χ4n) is 0.835. The highest BCUT2D eigenvalue weighted by atomic mass is 127. The fourth-order valence-corrected chi connectivity index (χ4v) is 1.19. The number of esters is 2. The van der Waals surface area contributed by atoms with Gasteiger partial charge < -0.3 is 9.47 Å². The Balaban J connectivity index is 2.47. The summed E-state index contributed by atoms with van der Waals surface area (Å²) >= 11 is 2.14. The molecule has 0 spiro atoms. The van der Waals surface area contributed by atoms with Crippen LogP contribution >= 0.6 is 22.6 Å². The summed E-state index contributed by atoms with van der Waals surface area (Å²) in [5.74, 6) is -0.988. The molecule has 15 heavy (non-hydrogen) atoms. The van der Waals surface area contributed by atoms with Crippen molar-refractivity contribution < 1.29 is 19.1 Å². The Morgan fingerprint density at radius 1 is 1.20 bits per heavy atom. The normalized spacial score (nSPS) is 9.47. The molecule has 0 fully saturated rings. The molecule has 0 N–H and O–H groups in total. The first kappa shape index (κ1) is 12.0. The third-order valence-electron chi connectivity index (χ3n) is 1.53. The fraction of sp³-hybridized carbons (Fsp3) is 0.200. The molecule has 1 rings (SSSR count). The lowest BCUT2D eigenvalue weighted by Gasteiger charge is -2.04. The zero-order chi connectivity index (χ0) is 11.3. The van der Waals surface area contributed by atoms with Gasteiger partial charge in [-0.25, -0.2) is 4.79 Å². The number of hydrogen-bond acceptors (Lipinski definition) is 4. The van der Waals surface area contributed by atoms with Crippen molar-refractivity contribution >= 4 is 34.5 Å². The standard InChI is InChI=1S/C10H9IO4/c1-7(12)14-6-15-10(13)8-2-4-9(11)5-3-8/h2-5H,6H2,1H3. The van der Waals surface area contributed by atoms with Crippen LogP contribution in [-0.4, -0.2) is 18.7 Å². The van der Waals surface area contributed by atoms with Gasteiger partial charge in [-0.15, -0.1) is 0 Å². The summed E-state index contributed by atoms with van der Waals surface area (Å²) in [4.78, 5) is 21.7. The predicted molar refractivity (Wildman–Crippen MR) is 61.2 cm³/mol. The molecule has 0 unspecified atom stereocenters. The Hall–Kier alpha value is -1.11. The minimum Gasteiger partial charge on any atom is -0.428 e. The Morgan fingerprint density at radius 2 is 1.80 bits per heavy atom. The van der Waals surface area contributed by atoms with Crippen molar-refractivity contribution in [3.63, 3.8) is 0 Å². The summed E-state index contributed by atoms with van der Waals surface area (Å²) in [6, 6.07) is 6.89. The number of halogens is 1. The zero-order valence-electron chi connectivity index (χ0n) is 8.03. The average Bonchev–Trinajstić information content (AvgIpc) is 2.18. The monoisotopic (exact) mass is 320 g/mol. The summed E-state index contributed by atoms with van der Waals surface area (Å²) in [5, 5.41) is 0. The zero-order valence-corrected chi connectivity index (χ0v) is 10.2. The third-order valence-corrected chi connectivity index (χ3v) is 2.25. The maximum absolute atomic E-state index is 11.3. The van der Waals surface area contributed by atoms with Gasteiger partial charge in [-0.3, -0.25) is 4.79 Å².